The van der Waals surface area contributed by atoms with E-state index in [1.807, 2.05) is 0 Å². The average Bonchev–Trinajstić information content (AvgIpc) is 2.45. The first kappa shape index (κ1) is 14.1. The summed E-state index contributed by atoms with van der Waals surface area (Å²) in [7, 11) is 0. The van der Waals surface area contributed by atoms with Crippen LogP contribution < -0.4 is 10.6 Å². The van der Waals surface area contributed by atoms with E-state index in [0.29, 0.717) is 0 Å². The molecule has 3 nitrogen and oxygen atoms in total. The summed E-state index contributed by atoms with van der Waals surface area (Å²) < 4.78 is 27.0. The quantitative estimate of drug-likeness (QED) is 0.933. The molecule has 0 fully saturated rings. The molecule has 2 aromatic rings. The monoisotopic (exact) mass is 276 g/mol. The minimum atomic E-state index is -0.522. The Balaban J connectivity index is 2.39. The number of rotatable bonds is 4. The number of nitrogens with two attached hydrogens (primary N) is 1. The largest absolute Gasteiger partial charge is 0.329 e. The van der Waals surface area contributed by atoms with E-state index in [1.165, 1.54) is 41.3 Å². The number of halogens is 2. The fraction of sp³-hybridized carbons (Fsp3) is 0.133. The molecule has 0 bridgehead atoms. The molecular formula is C15H14F2N2O. The first-order valence-corrected chi connectivity index (χ1v) is 6.15. The van der Waals surface area contributed by atoms with Crippen LogP contribution in [0.5, 0.6) is 0 Å². The van der Waals surface area contributed by atoms with Crippen LogP contribution in [0.2, 0.25) is 0 Å². The normalized spacial score (nSPS) is 10.3. The van der Waals surface area contributed by atoms with E-state index in [-0.39, 0.29) is 24.3 Å². The summed E-state index contributed by atoms with van der Waals surface area (Å²) in [6.45, 7) is 0.325. The summed E-state index contributed by atoms with van der Waals surface area (Å²) in [5.74, 6) is -1.53. The fourth-order valence-electron chi connectivity index (χ4n) is 1.91. The molecule has 0 aliphatic carbocycles. The topological polar surface area (TPSA) is 46.3 Å². The zero-order chi connectivity index (χ0) is 14.5. The van der Waals surface area contributed by atoms with Gasteiger partial charge < -0.3 is 10.6 Å². The van der Waals surface area contributed by atoms with Gasteiger partial charge in [0.05, 0.1) is 5.69 Å². The molecule has 0 saturated carbocycles. The Labute approximate surface area is 115 Å². The molecule has 2 N–H and O–H groups in total. The molecular weight excluding hydrogens is 262 g/mol. The van der Waals surface area contributed by atoms with Gasteiger partial charge in [-0.15, -0.1) is 0 Å². The molecule has 2 rings (SSSR count). The van der Waals surface area contributed by atoms with Gasteiger partial charge in [-0.05, 0) is 30.3 Å². The van der Waals surface area contributed by atoms with Crippen molar-refractivity contribution in [2.75, 3.05) is 18.0 Å². The highest BCUT2D eigenvalue weighted by molar-refractivity contribution is 6.06. The summed E-state index contributed by atoms with van der Waals surface area (Å²) in [6.07, 6.45) is 0. The second kappa shape index (κ2) is 6.25. The van der Waals surface area contributed by atoms with Crippen molar-refractivity contribution < 1.29 is 13.6 Å². The summed E-state index contributed by atoms with van der Waals surface area (Å²) in [5, 5.41) is 0. The second-order valence-electron chi connectivity index (χ2n) is 4.21. The van der Waals surface area contributed by atoms with Crippen LogP contribution in [-0.2, 0) is 0 Å². The van der Waals surface area contributed by atoms with Crippen molar-refractivity contribution in [3.05, 3.63) is 65.7 Å². The Morgan fingerprint density at radius 2 is 1.85 bits per heavy atom. The van der Waals surface area contributed by atoms with Crippen LogP contribution in [0.4, 0.5) is 14.5 Å². The molecule has 5 heteroatoms. The highest BCUT2D eigenvalue weighted by Crippen LogP contribution is 2.20. The minimum absolute atomic E-state index is 0.132. The van der Waals surface area contributed by atoms with Crippen molar-refractivity contribution in [3.8, 4) is 0 Å². The third kappa shape index (κ3) is 3.00. The number of benzene rings is 2. The molecule has 0 spiro atoms. The lowest BCUT2D eigenvalue weighted by Crippen LogP contribution is -2.36. The molecule has 0 aliphatic heterocycles. The number of carbonyl (C=O) groups is 1. The van der Waals surface area contributed by atoms with Crippen LogP contribution in [0, 0.1) is 11.6 Å². The highest BCUT2D eigenvalue weighted by Gasteiger charge is 2.20. The molecule has 104 valence electrons. The number of hydrogen-bond donors (Lipinski definition) is 1. The fourth-order valence-corrected chi connectivity index (χ4v) is 1.91. The Hall–Kier alpha value is -2.27. The second-order valence-corrected chi connectivity index (χ2v) is 4.21. The van der Waals surface area contributed by atoms with Gasteiger partial charge in [-0.25, -0.2) is 8.78 Å². The molecule has 2 aromatic carbocycles. The summed E-state index contributed by atoms with van der Waals surface area (Å²) in [5.41, 5.74) is 5.76. The van der Waals surface area contributed by atoms with Crippen molar-refractivity contribution in [2.24, 2.45) is 5.73 Å². The summed E-state index contributed by atoms with van der Waals surface area (Å²) >= 11 is 0. The van der Waals surface area contributed by atoms with Crippen molar-refractivity contribution in [3.63, 3.8) is 0 Å². The molecule has 0 radical (unpaired) electrons. The van der Waals surface area contributed by atoms with Gasteiger partial charge in [0.25, 0.3) is 5.91 Å². The Morgan fingerprint density at radius 1 is 1.10 bits per heavy atom. The van der Waals surface area contributed by atoms with Crippen molar-refractivity contribution >= 4 is 11.6 Å². The lowest BCUT2D eigenvalue weighted by molar-refractivity contribution is 0.0986. The number of hydrogen-bond acceptors (Lipinski definition) is 2. The Bertz CT molecular complexity index is 616. The number of nitrogens with zero attached hydrogens (tertiary/aromatic N) is 1. The first-order chi connectivity index (χ1) is 9.63. The third-order valence-corrected chi connectivity index (χ3v) is 2.81. The lowest BCUT2D eigenvalue weighted by atomic mass is 10.1. The van der Waals surface area contributed by atoms with Crippen LogP contribution in [0.15, 0.2) is 48.5 Å². The molecule has 1 amide bonds. The van der Waals surface area contributed by atoms with E-state index >= 15 is 0 Å². The Kier molecular flexibility index (Phi) is 4.42. The zero-order valence-electron chi connectivity index (χ0n) is 10.7. The molecule has 20 heavy (non-hydrogen) atoms. The molecule has 0 saturated heterocycles. The summed E-state index contributed by atoms with van der Waals surface area (Å²) in [6, 6.07) is 11.2. The van der Waals surface area contributed by atoms with Crippen molar-refractivity contribution in [1.29, 1.82) is 0 Å². The first-order valence-electron chi connectivity index (χ1n) is 6.15. The predicted octanol–water partition coefficient (Wildman–Crippen LogP) is 2.57. The number of anilines is 1. The van der Waals surface area contributed by atoms with Gasteiger partial charge in [-0.2, -0.15) is 0 Å². The van der Waals surface area contributed by atoms with Crippen molar-refractivity contribution in [2.45, 2.75) is 0 Å². The van der Waals surface area contributed by atoms with Crippen LogP contribution in [0.1, 0.15) is 10.4 Å². The third-order valence-electron chi connectivity index (χ3n) is 2.81. The summed E-state index contributed by atoms with van der Waals surface area (Å²) in [4.78, 5) is 13.6. The van der Waals surface area contributed by atoms with Crippen LogP contribution >= 0.6 is 0 Å². The van der Waals surface area contributed by atoms with E-state index < -0.39 is 17.5 Å². The van der Waals surface area contributed by atoms with Crippen LogP contribution in [0.25, 0.3) is 0 Å². The minimum Gasteiger partial charge on any atom is -0.329 e. The highest BCUT2D eigenvalue weighted by atomic mass is 19.1. The van der Waals surface area contributed by atoms with E-state index in [0.717, 1.165) is 6.07 Å². The molecule has 0 aliphatic rings. The Morgan fingerprint density at radius 3 is 2.50 bits per heavy atom. The van der Waals surface area contributed by atoms with Gasteiger partial charge in [-0.3, -0.25) is 4.79 Å². The maximum Gasteiger partial charge on any atom is 0.258 e. The number of carbonyl (C=O) groups excluding carboxylic acids is 1. The van der Waals surface area contributed by atoms with E-state index in [2.05, 4.69) is 0 Å². The van der Waals surface area contributed by atoms with Crippen LogP contribution in [0.3, 0.4) is 0 Å². The number of amides is 1. The zero-order valence-corrected chi connectivity index (χ0v) is 10.7. The van der Waals surface area contributed by atoms with Gasteiger partial charge in [0.15, 0.2) is 0 Å². The molecule has 0 unspecified atom stereocenters. The maximum atomic E-state index is 13.8. The van der Waals surface area contributed by atoms with Gasteiger partial charge in [0, 0.05) is 18.7 Å². The molecule has 0 heterocycles. The van der Waals surface area contributed by atoms with Crippen LogP contribution in [-0.4, -0.2) is 19.0 Å². The molecule has 0 aromatic heterocycles. The van der Waals surface area contributed by atoms with Crippen molar-refractivity contribution in [1.82, 2.24) is 0 Å². The van der Waals surface area contributed by atoms with E-state index in [4.69, 9.17) is 5.73 Å². The maximum absolute atomic E-state index is 13.8. The average molecular weight is 276 g/mol. The van der Waals surface area contributed by atoms with Gasteiger partial charge in [0.1, 0.15) is 11.6 Å². The number of para-hydroxylation sites is 1. The lowest BCUT2D eigenvalue weighted by Gasteiger charge is -2.22. The van der Waals surface area contributed by atoms with E-state index in [9.17, 15) is 13.6 Å². The van der Waals surface area contributed by atoms with E-state index in [1.54, 1.807) is 6.07 Å². The van der Waals surface area contributed by atoms with Gasteiger partial charge in [0.2, 0.25) is 0 Å². The predicted molar refractivity (Wildman–Crippen MR) is 73.5 cm³/mol. The standard InChI is InChI=1S/C15H14F2N2O/c16-12-5-3-4-11(10-12)15(20)19(9-8-18)14-7-2-1-6-13(14)17/h1-7,10H,8-9,18H2. The van der Waals surface area contributed by atoms with Gasteiger partial charge >= 0.3 is 0 Å². The molecule has 0 atom stereocenters. The smallest absolute Gasteiger partial charge is 0.258 e. The van der Waals surface area contributed by atoms with Gasteiger partial charge in [-0.1, -0.05) is 18.2 Å². The SMILES string of the molecule is NCCN(C(=O)c1cccc(F)c1)c1ccccc1F.